The van der Waals surface area contributed by atoms with Crippen LogP contribution in [0.4, 0.5) is 10.1 Å². The second-order valence-electron chi connectivity index (χ2n) is 12.8. The van der Waals surface area contributed by atoms with Gasteiger partial charge in [0.15, 0.2) is 5.82 Å². The van der Waals surface area contributed by atoms with Crippen LogP contribution in [0.5, 0.6) is 0 Å². The van der Waals surface area contributed by atoms with Crippen molar-refractivity contribution in [2.75, 3.05) is 11.4 Å². The number of carbonyl (C=O) groups excluding carboxylic acids is 1. The summed E-state index contributed by atoms with van der Waals surface area (Å²) >= 11 is 0. The standard InChI is InChI=1S/C27H32FN5O2/c1-23(2,3)20-31-21(35-32-20)25-7-4-24(5-8-25,6-9-25)17-33(19-10-18(11-29)12-30-13-19)22(34)26-14-27(28,15-26)16-26/h10,12-13H,4-9,14-17H2,1-3H3. The van der Waals surface area contributed by atoms with E-state index < -0.39 is 11.1 Å². The molecule has 6 aliphatic rings. The average Bonchev–Trinajstić information content (AvgIpc) is 3.33. The Morgan fingerprint density at radius 1 is 1.14 bits per heavy atom. The molecule has 0 radical (unpaired) electrons. The number of aromatic nitrogens is 3. The maximum atomic E-state index is 14.3. The number of alkyl halides is 1. The zero-order valence-corrected chi connectivity index (χ0v) is 20.7. The molecule has 6 aliphatic carbocycles. The number of anilines is 1. The van der Waals surface area contributed by atoms with Gasteiger partial charge in [0, 0.05) is 23.6 Å². The molecule has 0 aromatic carbocycles. The number of nitrogens with zero attached hydrogens (tertiary/aromatic N) is 5. The summed E-state index contributed by atoms with van der Waals surface area (Å²) in [5, 5.41) is 13.7. The van der Waals surface area contributed by atoms with Crippen molar-refractivity contribution in [1.29, 1.82) is 5.26 Å². The number of pyridine rings is 1. The third-order valence-corrected chi connectivity index (χ3v) is 9.27. The zero-order valence-electron chi connectivity index (χ0n) is 20.7. The number of fused-ring (bicyclic) bond motifs is 3. The van der Waals surface area contributed by atoms with Gasteiger partial charge in [-0.2, -0.15) is 10.2 Å². The van der Waals surface area contributed by atoms with Gasteiger partial charge in [-0.15, -0.1) is 0 Å². The highest BCUT2D eigenvalue weighted by atomic mass is 19.1. The smallest absolute Gasteiger partial charge is 0.233 e. The van der Waals surface area contributed by atoms with E-state index in [0.717, 1.165) is 50.2 Å². The fourth-order valence-corrected chi connectivity index (χ4v) is 6.99. The fraction of sp³-hybridized carbons (Fsp3) is 0.667. The molecule has 8 rings (SSSR count). The molecule has 8 heteroatoms. The molecule has 6 fully saturated rings. The maximum Gasteiger partial charge on any atom is 0.233 e. The van der Waals surface area contributed by atoms with Gasteiger partial charge < -0.3 is 9.42 Å². The van der Waals surface area contributed by atoms with Gasteiger partial charge in [-0.25, -0.2) is 4.39 Å². The van der Waals surface area contributed by atoms with E-state index in [1.807, 2.05) is 4.90 Å². The van der Waals surface area contributed by atoms with Crippen LogP contribution in [0, 0.1) is 22.2 Å². The Kier molecular flexibility index (Phi) is 4.60. The fourth-order valence-electron chi connectivity index (χ4n) is 6.99. The van der Waals surface area contributed by atoms with E-state index in [4.69, 9.17) is 9.51 Å². The van der Waals surface area contributed by atoms with Crippen LogP contribution < -0.4 is 4.90 Å². The minimum absolute atomic E-state index is 0.00239. The Balaban J connectivity index is 1.24. The molecule has 2 aromatic heterocycles. The Morgan fingerprint density at radius 2 is 1.80 bits per heavy atom. The molecule has 0 spiro atoms. The van der Waals surface area contributed by atoms with Crippen LogP contribution in [0.3, 0.4) is 0 Å². The van der Waals surface area contributed by atoms with Crippen molar-refractivity contribution >= 4 is 11.6 Å². The molecule has 0 atom stereocenters. The van der Waals surface area contributed by atoms with E-state index in [9.17, 15) is 14.4 Å². The van der Waals surface area contributed by atoms with E-state index in [1.165, 1.54) is 6.20 Å². The van der Waals surface area contributed by atoms with E-state index in [-0.39, 0.29) is 22.2 Å². The summed E-state index contributed by atoms with van der Waals surface area (Å²) in [6.45, 7) is 6.84. The predicted octanol–water partition coefficient (Wildman–Crippen LogP) is 5.15. The van der Waals surface area contributed by atoms with E-state index in [1.54, 1.807) is 12.3 Å². The molecule has 1 amide bonds. The second-order valence-corrected chi connectivity index (χ2v) is 12.8. The molecular formula is C27H32FN5O2. The van der Waals surface area contributed by atoms with E-state index >= 15 is 0 Å². The number of amides is 1. The topological polar surface area (TPSA) is 95.9 Å². The average molecular weight is 478 g/mol. The van der Waals surface area contributed by atoms with E-state index in [0.29, 0.717) is 37.1 Å². The second kappa shape index (κ2) is 7.11. The highest BCUT2D eigenvalue weighted by Crippen LogP contribution is 2.70. The number of rotatable bonds is 5. The molecular weight excluding hydrogens is 445 g/mol. The number of hydrogen-bond acceptors (Lipinski definition) is 6. The van der Waals surface area contributed by atoms with Crippen molar-refractivity contribution in [2.24, 2.45) is 10.8 Å². The van der Waals surface area contributed by atoms with Gasteiger partial charge in [0.1, 0.15) is 11.7 Å². The molecule has 0 saturated heterocycles. The quantitative estimate of drug-likeness (QED) is 0.591. The van der Waals surface area contributed by atoms with E-state index in [2.05, 4.69) is 37.0 Å². The van der Waals surface area contributed by atoms with Crippen LogP contribution in [-0.2, 0) is 15.6 Å². The molecule has 2 heterocycles. The number of nitriles is 1. The van der Waals surface area contributed by atoms with Gasteiger partial charge in [-0.3, -0.25) is 9.78 Å². The van der Waals surface area contributed by atoms with Crippen molar-refractivity contribution < 1.29 is 13.7 Å². The minimum Gasteiger partial charge on any atom is -0.339 e. The molecule has 2 aromatic rings. The van der Waals surface area contributed by atoms with Gasteiger partial charge in [0.25, 0.3) is 0 Å². The van der Waals surface area contributed by atoms with Gasteiger partial charge in [-0.1, -0.05) is 25.9 Å². The Bertz CT molecular complexity index is 1190. The SMILES string of the molecule is CC(C)(C)c1noc(C23CCC(CN(C(=O)C45CC(F)(C4)C5)c4cncc(C#N)c4)(CC2)CC3)n1. The summed E-state index contributed by atoms with van der Waals surface area (Å²) in [4.78, 5) is 24.6. The molecule has 184 valence electrons. The number of halogens is 1. The first kappa shape index (κ1) is 22.6. The summed E-state index contributed by atoms with van der Waals surface area (Å²) in [5.41, 5.74) is -0.887. The Hall–Kier alpha value is -2.82. The molecule has 7 nitrogen and oxygen atoms in total. The van der Waals surface area contributed by atoms with Gasteiger partial charge in [0.2, 0.25) is 11.8 Å². The van der Waals surface area contributed by atoms with Crippen LogP contribution in [0.25, 0.3) is 0 Å². The molecule has 0 aliphatic heterocycles. The lowest BCUT2D eigenvalue weighted by atomic mass is 9.41. The van der Waals surface area contributed by atoms with Crippen LogP contribution >= 0.6 is 0 Å². The molecule has 6 saturated carbocycles. The molecule has 0 N–H and O–H groups in total. The first-order valence-electron chi connectivity index (χ1n) is 12.7. The predicted molar refractivity (Wildman–Crippen MR) is 126 cm³/mol. The summed E-state index contributed by atoms with van der Waals surface area (Å²) in [5.74, 6) is 1.50. The first-order chi connectivity index (χ1) is 16.5. The lowest BCUT2D eigenvalue weighted by Crippen LogP contribution is -2.71. The number of carbonyl (C=O) groups is 1. The van der Waals surface area contributed by atoms with Crippen LogP contribution in [0.2, 0.25) is 0 Å². The van der Waals surface area contributed by atoms with Crippen LogP contribution in [0.1, 0.15) is 95.8 Å². The largest absolute Gasteiger partial charge is 0.339 e. The van der Waals surface area contributed by atoms with Gasteiger partial charge in [0.05, 0.1) is 22.9 Å². The third-order valence-electron chi connectivity index (χ3n) is 9.27. The van der Waals surface area contributed by atoms with Crippen molar-refractivity contribution in [2.45, 2.75) is 95.1 Å². The van der Waals surface area contributed by atoms with Crippen molar-refractivity contribution in [3.63, 3.8) is 0 Å². The van der Waals surface area contributed by atoms with Crippen LogP contribution in [0.15, 0.2) is 23.0 Å². The lowest BCUT2D eigenvalue weighted by molar-refractivity contribution is -0.211. The van der Waals surface area contributed by atoms with Crippen molar-refractivity contribution in [1.82, 2.24) is 15.1 Å². The summed E-state index contributed by atoms with van der Waals surface area (Å²) in [6, 6.07) is 3.87. The maximum absolute atomic E-state index is 14.3. The lowest BCUT2D eigenvalue weighted by Gasteiger charge is -2.65. The zero-order chi connectivity index (χ0) is 24.7. The minimum atomic E-state index is -1.14. The monoisotopic (exact) mass is 477 g/mol. The number of hydrogen-bond donors (Lipinski definition) is 0. The summed E-state index contributed by atoms with van der Waals surface area (Å²) < 4.78 is 20.1. The summed E-state index contributed by atoms with van der Waals surface area (Å²) in [6.07, 6.45) is 9.91. The first-order valence-corrected chi connectivity index (χ1v) is 12.7. The van der Waals surface area contributed by atoms with Gasteiger partial charge in [-0.05, 0) is 69.3 Å². The summed E-state index contributed by atoms with van der Waals surface area (Å²) in [7, 11) is 0. The van der Waals surface area contributed by atoms with Crippen molar-refractivity contribution in [3.8, 4) is 6.07 Å². The normalized spacial score (nSPS) is 35.1. The third kappa shape index (κ3) is 3.41. The van der Waals surface area contributed by atoms with Gasteiger partial charge >= 0.3 is 0 Å². The Labute approximate surface area is 205 Å². The van der Waals surface area contributed by atoms with Crippen LogP contribution in [-0.4, -0.2) is 33.2 Å². The Morgan fingerprint density at radius 3 is 2.34 bits per heavy atom. The highest BCUT2D eigenvalue weighted by molar-refractivity contribution is 6.00. The molecule has 35 heavy (non-hydrogen) atoms. The molecule has 0 unspecified atom stereocenters. The highest BCUT2D eigenvalue weighted by Gasteiger charge is 2.73. The van der Waals surface area contributed by atoms with Crippen molar-refractivity contribution in [3.05, 3.63) is 35.7 Å². The molecule has 4 bridgehead atoms.